The Labute approximate surface area is 177 Å². The molecule has 0 atom stereocenters. The van der Waals surface area contributed by atoms with Gasteiger partial charge in [0.1, 0.15) is 5.82 Å². The maximum atomic E-state index is 13.4. The van der Waals surface area contributed by atoms with Gasteiger partial charge in [-0.2, -0.15) is 5.10 Å². The van der Waals surface area contributed by atoms with Gasteiger partial charge in [-0.3, -0.25) is 14.6 Å². The maximum Gasteiger partial charge on any atom is 0.267 e. The lowest BCUT2D eigenvalue weighted by atomic mass is 10.2. The molecule has 0 spiro atoms. The summed E-state index contributed by atoms with van der Waals surface area (Å²) in [4.78, 5) is 28.5. The van der Waals surface area contributed by atoms with Crippen molar-refractivity contribution in [3.8, 4) is 0 Å². The van der Waals surface area contributed by atoms with E-state index in [-0.39, 0.29) is 23.8 Å². The summed E-state index contributed by atoms with van der Waals surface area (Å²) in [6.07, 6.45) is 3.08. The molecule has 0 aliphatic heterocycles. The van der Waals surface area contributed by atoms with Gasteiger partial charge in [-0.25, -0.2) is 9.07 Å². The number of nitrogens with one attached hydrogen (secondary N) is 2. The van der Waals surface area contributed by atoms with Gasteiger partial charge < -0.3 is 10.6 Å². The lowest BCUT2D eigenvalue weighted by molar-refractivity contribution is 0.102. The first kappa shape index (κ1) is 20.0. The Balaban J connectivity index is 1.50. The van der Waals surface area contributed by atoms with Crippen LogP contribution in [0.2, 0.25) is 0 Å². The number of halogens is 1. The summed E-state index contributed by atoms with van der Waals surface area (Å²) in [6, 6.07) is 19.4. The Bertz CT molecular complexity index is 1270. The fourth-order valence-electron chi connectivity index (χ4n) is 2.96. The molecule has 2 N–H and O–H groups in total. The number of nitrogens with zero attached hydrogens (tertiary/aromatic N) is 3. The third-order valence-electron chi connectivity index (χ3n) is 4.40. The van der Waals surface area contributed by atoms with Crippen molar-refractivity contribution in [1.29, 1.82) is 0 Å². The predicted molar refractivity (Wildman–Crippen MR) is 116 cm³/mol. The van der Waals surface area contributed by atoms with Crippen LogP contribution in [0, 0.1) is 5.82 Å². The molecule has 8 heteroatoms. The SMILES string of the molecule is O=C(Nc1cccc(Cn2nc(Nc3cccc(F)c3)ccc2=O)c1)c1cccnc1. The fourth-order valence-corrected chi connectivity index (χ4v) is 2.96. The number of amides is 1. The summed E-state index contributed by atoms with van der Waals surface area (Å²) >= 11 is 0. The number of anilines is 3. The van der Waals surface area contributed by atoms with Crippen molar-refractivity contribution < 1.29 is 9.18 Å². The van der Waals surface area contributed by atoms with Crippen LogP contribution in [0.1, 0.15) is 15.9 Å². The Morgan fingerprint density at radius 1 is 0.968 bits per heavy atom. The molecule has 0 aliphatic rings. The number of aromatic nitrogens is 3. The molecular formula is C23H18FN5O2. The molecule has 4 rings (SSSR count). The van der Waals surface area contributed by atoms with E-state index in [1.54, 1.807) is 48.7 Å². The number of rotatable bonds is 6. The van der Waals surface area contributed by atoms with Crippen LogP contribution in [0.15, 0.2) is 90.0 Å². The Morgan fingerprint density at radius 2 is 1.81 bits per heavy atom. The van der Waals surface area contributed by atoms with E-state index in [1.165, 1.54) is 35.1 Å². The summed E-state index contributed by atoms with van der Waals surface area (Å²) in [6.45, 7) is 0.202. The number of carbonyl (C=O) groups excluding carboxylic acids is 1. The van der Waals surface area contributed by atoms with E-state index in [2.05, 4.69) is 20.7 Å². The van der Waals surface area contributed by atoms with Crippen LogP contribution >= 0.6 is 0 Å². The molecular weight excluding hydrogens is 397 g/mol. The molecule has 0 saturated carbocycles. The zero-order valence-corrected chi connectivity index (χ0v) is 16.3. The van der Waals surface area contributed by atoms with E-state index in [9.17, 15) is 14.0 Å². The highest BCUT2D eigenvalue weighted by Crippen LogP contribution is 2.16. The van der Waals surface area contributed by atoms with Crippen LogP contribution < -0.4 is 16.2 Å². The van der Waals surface area contributed by atoms with Crippen LogP contribution in [-0.4, -0.2) is 20.7 Å². The van der Waals surface area contributed by atoms with Crippen molar-refractivity contribution in [1.82, 2.24) is 14.8 Å². The van der Waals surface area contributed by atoms with Crippen LogP contribution in [0.3, 0.4) is 0 Å². The number of hydrogen-bond donors (Lipinski definition) is 2. The van der Waals surface area contributed by atoms with Crippen LogP contribution in [0.25, 0.3) is 0 Å². The minimum Gasteiger partial charge on any atom is -0.339 e. The zero-order valence-electron chi connectivity index (χ0n) is 16.3. The van der Waals surface area contributed by atoms with Gasteiger partial charge >= 0.3 is 0 Å². The first-order valence-electron chi connectivity index (χ1n) is 9.48. The summed E-state index contributed by atoms with van der Waals surface area (Å²) in [7, 11) is 0. The van der Waals surface area contributed by atoms with Gasteiger partial charge in [0, 0.05) is 29.8 Å². The summed E-state index contributed by atoms with van der Waals surface area (Å²) < 4.78 is 14.7. The maximum absolute atomic E-state index is 13.4. The fraction of sp³-hybridized carbons (Fsp3) is 0.0435. The van der Waals surface area contributed by atoms with Gasteiger partial charge in [0.05, 0.1) is 12.1 Å². The topological polar surface area (TPSA) is 88.9 Å². The number of carbonyl (C=O) groups is 1. The van der Waals surface area contributed by atoms with Crippen molar-refractivity contribution in [2.75, 3.05) is 10.6 Å². The molecule has 154 valence electrons. The number of hydrogen-bond acceptors (Lipinski definition) is 5. The predicted octanol–water partition coefficient (Wildman–Crippen LogP) is 3.82. The van der Waals surface area contributed by atoms with E-state index in [1.807, 2.05) is 6.07 Å². The van der Waals surface area contributed by atoms with Crippen molar-refractivity contribution in [2.24, 2.45) is 0 Å². The molecule has 7 nitrogen and oxygen atoms in total. The van der Waals surface area contributed by atoms with Gasteiger partial charge in [-0.15, -0.1) is 0 Å². The van der Waals surface area contributed by atoms with E-state index >= 15 is 0 Å². The molecule has 0 bridgehead atoms. The first-order chi connectivity index (χ1) is 15.1. The molecule has 2 aromatic heterocycles. The largest absolute Gasteiger partial charge is 0.339 e. The van der Waals surface area contributed by atoms with Gasteiger partial charge in [-0.05, 0) is 54.1 Å². The Kier molecular flexibility index (Phi) is 5.79. The van der Waals surface area contributed by atoms with Gasteiger partial charge in [0.15, 0.2) is 5.82 Å². The van der Waals surface area contributed by atoms with E-state index in [0.29, 0.717) is 22.8 Å². The van der Waals surface area contributed by atoms with E-state index < -0.39 is 0 Å². The highest BCUT2D eigenvalue weighted by Gasteiger charge is 2.08. The summed E-state index contributed by atoms with van der Waals surface area (Å²) in [5.41, 5.74) is 2.06. The second-order valence-electron chi connectivity index (χ2n) is 6.75. The van der Waals surface area contributed by atoms with Gasteiger partial charge in [0.25, 0.3) is 11.5 Å². The third-order valence-corrected chi connectivity index (χ3v) is 4.40. The Hall–Kier alpha value is -4.33. The van der Waals surface area contributed by atoms with Gasteiger partial charge in [0.2, 0.25) is 0 Å². The molecule has 1 amide bonds. The van der Waals surface area contributed by atoms with Crippen LogP contribution in [0.4, 0.5) is 21.6 Å². The van der Waals surface area contributed by atoms with Crippen molar-refractivity contribution in [2.45, 2.75) is 6.54 Å². The number of benzene rings is 2. The van der Waals surface area contributed by atoms with Crippen molar-refractivity contribution in [3.63, 3.8) is 0 Å². The standard InChI is InChI=1S/C23H18FN5O2/c24-18-6-2-8-20(13-18)26-21-9-10-22(30)29(28-21)15-16-4-1-7-19(12-16)27-23(31)17-5-3-11-25-14-17/h1-14H,15H2,(H,26,28)(H,27,31). The third kappa shape index (κ3) is 5.18. The van der Waals surface area contributed by atoms with Gasteiger partial charge in [-0.1, -0.05) is 18.2 Å². The summed E-state index contributed by atoms with van der Waals surface area (Å²) in [5.74, 6) is -0.239. The molecule has 2 heterocycles. The molecule has 0 saturated heterocycles. The average Bonchev–Trinajstić information content (AvgIpc) is 2.77. The molecule has 2 aromatic carbocycles. The Morgan fingerprint density at radius 3 is 2.61 bits per heavy atom. The highest BCUT2D eigenvalue weighted by molar-refractivity contribution is 6.04. The van der Waals surface area contributed by atoms with E-state index in [0.717, 1.165) is 5.56 Å². The molecule has 0 radical (unpaired) electrons. The van der Waals surface area contributed by atoms with Crippen LogP contribution in [-0.2, 0) is 6.54 Å². The van der Waals surface area contributed by atoms with E-state index in [4.69, 9.17) is 0 Å². The average molecular weight is 415 g/mol. The smallest absolute Gasteiger partial charge is 0.267 e. The molecule has 0 unspecified atom stereocenters. The minimum atomic E-state index is -0.372. The quantitative estimate of drug-likeness (QED) is 0.500. The first-order valence-corrected chi connectivity index (χ1v) is 9.48. The second kappa shape index (κ2) is 9.00. The lowest BCUT2D eigenvalue weighted by Crippen LogP contribution is -2.23. The normalized spacial score (nSPS) is 10.5. The molecule has 0 fully saturated rings. The minimum absolute atomic E-state index is 0.202. The summed E-state index contributed by atoms with van der Waals surface area (Å²) in [5, 5.41) is 10.1. The molecule has 4 aromatic rings. The van der Waals surface area contributed by atoms with Crippen molar-refractivity contribution >= 4 is 23.1 Å². The monoisotopic (exact) mass is 415 g/mol. The highest BCUT2D eigenvalue weighted by atomic mass is 19.1. The molecule has 31 heavy (non-hydrogen) atoms. The molecule has 0 aliphatic carbocycles. The van der Waals surface area contributed by atoms with Crippen molar-refractivity contribution in [3.05, 3.63) is 112 Å². The lowest BCUT2D eigenvalue weighted by Gasteiger charge is -2.11. The van der Waals surface area contributed by atoms with Crippen LogP contribution in [0.5, 0.6) is 0 Å². The second-order valence-corrected chi connectivity index (χ2v) is 6.75. The zero-order chi connectivity index (χ0) is 21.6. The number of pyridine rings is 1.